The van der Waals surface area contributed by atoms with E-state index in [0.717, 1.165) is 16.8 Å². The summed E-state index contributed by atoms with van der Waals surface area (Å²) in [5.41, 5.74) is 12.1. The molecule has 6 nitrogen and oxygen atoms in total. The predicted octanol–water partition coefficient (Wildman–Crippen LogP) is 5.80. The molecule has 0 radical (unpaired) electrons. The molecule has 5 atom stereocenters. The fourth-order valence-electron chi connectivity index (χ4n) is 5.10. The minimum atomic E-state index is -0.320. The fraction of sp³-hybridized carbons (Fsp3) is 0.348. The van der Waals surface area contributed by atoms with E-state index in [4.69, 9.17) is 21.9 Å². The molecule has 1 heterocycles. The highest BCUT2D eigenvalue weighted by Gasteiger charge is 2.53. The molecule has 4 rings (SSSR count). The Morgan fingerprint density at radius 2 is 2.07 bits per heavy atom. The first-order chi connectivity index (χ1) is 14.6. The second-order valence-corrected chi connectivity index (χ2v) is 8.16. The van der Waals surface area contributed by atoms with E-state index in [1.165, 1.54) is 0 Å². The van der Waals surface area contributed by atoms with Crippen molar-refractivity contribution in [3.05, 3.63) is 87.8 Å². The third-order valence-electron chi connectivity index (χ3n) is 6.10. The van der Waals surface area contributed by atoms with Gasteiger partial charge in [-0.25, -0.2) is 0 Å². The number of nitrogens with zero attached hydrogens (tertiary/aromatic N) is 4. The normalized spacial score (nSPS) is 27.0. The molecular weight excluding hydrogens is 400 g/mol. The number of carbonyl (C=O) groups excluding carboxylic acids is 1. The zero-order chi connectivity index (χ0) is 21.3. The molecule has 1 saturated carbocycles. The number of anilines is 1. The first-order valence-electron chi connectivity index (χ1n) is 9.97. The summed E-state index contributed by atoms with van der Waals surface area (Å²) in [5, 5.41) is 4.71. The Hall–Kier alpha value is -2.79. The van der Waals surface area contributed by atoms with Gasteiger partial charge in [0.25, 0.3) is 0 Å². The van der Waals surface area contributed by atoms with Crippen molar-refractivity contribution in [2.24, 2.45) is 11.0 Å². The average Bonchev–Trinajstić information content (AvgIpc) is 3.10. The van der Waals surface area contributed by atoms with Gasteiger partial charge in [0.05, 0.1) is 24.8 Å². The lowest BCUT2D eigenvalue weighted by atomic mass is 9.75. The molecule has 1 aliphatic carbocycles. The van der Waals surface area contributed by atoms with Crippen LogP contribution in [0.15, 0.2) is 66.3 Å². The Morgan fingerprint density at radius 3 is 2.73 bits per heavy atom. The van der Waals surface area contributed by atoms with Gasteiger partial charge in [0, 0.05) is 28.5 Å². The number of ether oxygens (including phenoxy) is 1. The third-order valence-corrected chi connectivity index (χ3v) is 6.36. The zero-order valence-electron chi connectivity index (χ0n) is 16.7. The van der Waals surface area contributed by atoms with Crippen LogP contribution < -0.4 is 4.90 Å². The van der Waals surface area contributed by atoms with Gasteiger partial charge in [-0.3, -0.25) is 4.79 Å². The van der Waals surface area contributed by atoms with Crippen molar-refractivity contribution < 1.29 is 9.53 Å². The number of amides is 1. The molecule has 1 aliphatic heterocycles. The first kappa shape index (κ1) is 20.5. The molecule has 0 saturated heterocycles. The van der Waals surface area contributed by atoms with Gasteiger partial charge in [0.15, 0.2) is 0 Å². The summed E-state index contributed by atoms with van der Waals surface area (Å²) in [6.45, 7) is 5.71. The first-order valence-corrected chi connectivity index (χ1v) is 10.4. The highest BCUT2D eigenvalue weighted by molar-refractivity contribution is 6.30. The molecule has 2 aromatic carbocycles. The largest absolute Gasteiger partial charge is 0.373 e. The van der Waals surface area contributed by atoms with E-state index in [1.807, 2.05) is 53.4 Å². The maximum Gasteiger partial charge on any atom is 0.224 e. The van der Waals surface area contributed by atoms with Gasteiger partial charge in [-0.15, -0.1) is 6.58 Å². The van der Waals surface area contributed by atoms with Gasteiger partial charge in [-0.1, -0.05) is 53.1 Å². The third kappa shape index (κ3) is 3.47. The number of hydrogen-bond donors (Lipinski definition) is 0. The van der Waals surface area contributed by atoms with Crippen LogP contribution >= 0.6 is 11.6 Å². The molecule has 0 N–H and O–H groups in total. The Labute approximate surface area is 180 Å². The summed E-state index contributed by atoms with van der Waals surface area (Å²) < 4.78 is 6.14. The summed E-state index contributed by atoms with van der Waals surface area (Å²) in [6.07, 6.45) is 2.05. The number of hydrogen-bond acceptors (Lipinski definition) is 3. The standard InChI is InChI=1S/C23H23ClN4O2/c1-3-12-30-23-19(26-27-25)13-18-21(23)17-6-4-5-7-20(17)28(14(2)29)22(18)15-8-10-16(24)11-9-15/h3-11,18-19,21-23H,1,12-13H2,2H3/t18-,19-,21-,22-,23+/m1/s1. The maximum atomic E-state index is 12.8. The van der Waals surface area contributed by atoms with Crippen LogP contribution in [0.3, 0.4) is 0 Å². The molecule has 0 bridgehead atoms. The second-order valence-electron chi connectivity index (χ2n) is 7.73. The Bertz CT molecular complexity index is 1000. The SMILES string of the molecule is C=CCO[C@@H]1[C@@H]2c3ccccc3N(C(C)=O)[C@H](c3ccc(Cl)cc3)[C@@H]2C[C@H]1N=[N+]=[N-]. The molecule has 1 fully saturated rings. The number of benzene rings is 2. The van der Waals surface area contributed by atoms with Crippen LogP contribution in [0.1, 0.15) is 36.4 Å². The second kappa shape index (κ2) is 8.52. The van der Waals surface area contributed by atoms with Gasteiger partial charge < -0.3 is 9.64 Å². The van der Waals surface area contributed by atoms with E-state index in [2.05, 4.69) is 16.6 Å². The van der Waals surface area contributed by atoms with Crippen molar-refractivity contribution in [3.8, 4) is 0 Å². The number of rotatable bonds is 5. The molecule has 7 heteroatoms. The molecule has 30 heavy (non-hydrogen) atoms. The number of azide groups is 1. The van der Waals surface area contributed by atoms with Crippen LogP contribution in [0.2, 0.25) is 5.02 Å². The van der Waals surface area contributed by atoms with Crippen molar-refractivity contribution in [2.45, 2.75) is 37.5 Å². The smallest absolute Gasteiger partial charge is 0.224 e. The van der Waals surface area contributed by atoms with Crippen LogP contribution in [0.5, 0.6) is 0 Å². The molecule has 0 spiro atoms. The molecule has 0 aromatic heterocycles. The predicted molar refractivity (Wildman–Crippen MR) is 118 cm³/mol. The summed E-state index contributed by atoms with van der Waals surface area (Å²) in [6, 6.07) is 15.0. The Balaban J connectivity index is 1.90. The molecule has 0 unspecified atom stereocenters. The highest BCUT2D eigenvalue weighted by Crippen LogP contribution is 2.57. The highest BCUT2D eigenvalue weighted by atomic mass is 35.5. The van der Waals surface area contributed by atoms with Gasteiger partial charge in [-0.2, -0.15) is 0 Å². The van der Waals surface area contributed by atoms with Crippen molar-refractivity contribution in [1.82, 2.24) is 0 Å². The lowest BCUT2D eigenvalue weighted by Gasteiger charge is -2.45. The number of carbonyl (C=O) groups is 1. The topological polar surface area (TPSA) is 78.3 Å². The number of halogens is 1. The fourth-order valence-corrected chi connectivity index (χ4v) is 5.23. The van der Waals surface area contributed by atoms with Gasteiger partial charge in [0.2, 0.25) is 5.91 Å². The summed E-state index contributed by atoms with van der Waals surface area (Å²) in [4.78, 5) is 17.8. The van der Waals surface area contributed by atoms with Gasteiger partial charge in [-0.05, 0) is 47.2 Å². The molecular formula is C23H23ClN4O2. The van der Waals surface area contributed by atoms with Crippen LogP contribution in [-0.2, 0) is 9.53 Å². The van der Waals surface area contributed by atoms with Crippen LogP contribution in [0.25, 0.3) is 10.4 Å². The van der Waals surface area contributed by atoms with Crippen molar-refractivity contribution >= 4 is 23.2 Å². The van der Waals surface area contributed by atoms with Gasteiger partial charge in [0.1, 0.15) is 0 Å². The van der Waals surface area contributed by atoms with E-state index < -0.39 is 0 Å². The van der Waals surface area contributed by atoms with E-state index in [1.54, 1.807) is 13.0 Å². The number of para-hydroxylation sites is 1. The molecule has 1 amide bonds. The minimum absolute atomic E-state index is 0.00655. The molecule has 2 aliphatic rings. The summed E-state index contributed by atoms with van der Waals surface area (Å²) in [7, 11) is 0. The summed E-state index contributed by atoms with van der Waals surface area (Å²) >= 11 is 6.12. The van der Waals surface area contributed by atoms with Gasteiger partial charge >= 0.3 is 0 Å². The van der Waals surface area contributed by atoms with Crippen LogP contribution in [0, 0.1) is 5.92 Å². The summed E-state index contributed by atoms with van der Waals surface area (Å²) in [5.74, 6) is -0.000127. The van der Waals surface area contributed by atoms with Crippen molar-refractivity contribution in [2.75, 3.05) is 11.5 Å². The molecule has 2 aromatic rings. The van der Waals surface area contributed by atoms with E-state index in [-0.39, 0.29) is 35.9 Å². The van der Waals surface area contributed by atoms with E-state index >= 15 is 0 Å². The zero-order valence-corrected chi connectivity index (χ0v) is 17.4. The Morgan fingerprint density at radius 1 is 1.33 bits per heavy atom. The minimum Gasteiger partial charge on any atom is -0.373 e. The quantitative estimate of drug-likeness (QED) is 0.264. The van der Waals surface area contributed by atoms with Crippen LogP contribution in [0.4, 0.5) is 5.69 Å². The maximum absolute atomic E-state index is 12.8. The van der Waals surface area contributed by atoms with Crippen molar-refractivity contribution in [3.63, 3.8) is 0 Å². The van der Waals surface area contributed by atoms with Crippen LogP contribution in [-0.4, -0.2) is 24.7 Å². The van der Waals surface area contributed by atoms with E-state index in [0.29, 0.717) is 18.1 Å². The monoisotopic (exact) mass is 422 g/mol. The van der Waals surface area contributed by atoms with E-state index in [9.17, 15) is 4.79 Å². The Kier molecular flexibility index (Phi) is 5.82. The lowest BCUT2D eigenvalue weighted by molar-refractivity contribution is -0.117. The number of fused-ring (bicyclic) bond motifs is 3. The molecule has 154 valence electrons. The lowest BCUT2D eigenvalue weighted by Crippen LogP contribution is -2.44. The van der Waals surface area contributed by atoms with Crippen molar-refractivity contribution in [1.29, 1.82) is 0 Å². The average molecular weight is 423 g/mol.